The van der Waals surface area contributed by atoms with Crippen molar-refractivity contribution in [1.82, 2.24) is 9.55 Å². The molecule has 5 nitrogen and oxygen atoms in total. The average molecular weight is 363 g/mol. The van der Waals surface area contributed by atoms with Crippen LogP contribution in [0.2, 0.25) is 5.15 Å². The molecular formula is C17H13ClF2N4O. The summed E-state index contributed by atoms with van der Waals surface area (Å²) in [5.41, 5.74) is 7.18. The third-order valence-electron chi connectivity index (χ3n) is 4.19. The normalized spacial score (nSPS) is 10.9. The van der Waals surface area contributed by atoms with Crippen LogP contribution in [-0.4, -0.2) is 16.7 Å². The quantitative estimate of drug-likeness (QED) is 0.698. The van der Waals surface area contributed by atoms with Crippen molar-refractivity contribution < 1.29 is 13.5 Å². The molecule has 3 rings (SSSR count). The SMILES string of the molecule is COc1cc(F)c(C)c(-n2c(N)c(C#N)c3cnc(Cl)c(F)c32)c1C. The van der Waals surface area contributed by atoms with E-state index in [1.807, 2.05) is 6.07 Å². The Morgan fingerprint density at radius 1 is 1.32 bits per heavy atom. The number of benzene rings is 1. The van der Waals surface area contributed by atoms with Gasteiger partial charge in [-0.25, -0.2) is 13.8 Å². The minimum absolute atomic E-state index is 0.0284. The molecule has 2 aromatic heterocycles. The fourth-order valence-corrected chi connectivity index (χ4v) is 3.10. The molecule has 2 N–H and O–H groups in total. The van der Waals surface area contributed by atoms with E-state index in [-0.39, 0.29) is 38.8 Å². The molecule has 1 aromatic carbocycles. The third kappa shape index (κ3) is 2.29. The van der Waals surface area contributed by atoms with E-state index in [4.69, 9.17) is 22.1 Å². The molecule has 0 aliphatic rings. The van der Waals surface area contributed by atoms with Crippen molar-refractivity contribution in [1.29, 1.82) is 5.26 Å². The number of hydrogen-bond donors (Lipinski definition) is 1. The number of anilines is 1. The molecule has 2 heterocycles. The Morgan fingerprint density at radius 2 is 2.00 bits per heavy atom. The molecule has 0 bridgehead atoms. The van der Waals surface area contributed by atoms with Crippen molar-refractivity contribution in [3.8, 4) is 17.5 Å². The highest BCUT2D eigenvalue weighted by molar-refractivity contribution is 6.30. The van der Waals surface area contributed by atoms with Gasteiger partial charge in [-0.1, -0.05) is 11.6 Å². The topological polar surface area (TPSA) is 76.9 Å². The average Bonchev–Trinajstić information content (AvgIpc) is 2.87. The van der Waals surface area contributed by atoms with Crippen molar-refractivity contribution in [3.63, 3.8) is 0 Å². The van der Waals surface area contributed by atoms with Gasteiger partial charge in [-0.05, 0) is 13.8 Å². The lowest BCUT2D eigenvalue weighted by Gasteiger charge is -2.18. The van der Waals surface area contributed by atoms with Crippen LogP contribution >= 0.6 is 11.6 Å². The Labute approximate surface area is 147 Å². The van der Waals surface area contributed by atoms with Crippen molar-refractivity contribution in [2.45, 2.75) is 13.8 Å². The number of ether oxygens (including phenoxy) is 1. The van der Waals surface area contributed by atoms with E-state index in [9.17, 15) is 14.0 Å². The molecule has 0 aliphatic heterocycles. The van der Waals surface area contributed by atoms with Gasteiger partial charge in [-0.2, -0.15) is 5.26 Å². The monoisotopic (exact) mass is 362 g/mol. The van der Waals surface area contributed by atoms with Crippen molar-refractivity contribution in [3.05, 3.63) is 45.7 Å². The summed E-state index contributed by atoms with van der Waals surface area (Å²) in [7, 11) is 1.40. The summed E-state index contributed by atoms with van der Waals surface area (Å²) in [6.07, 6.45) is 1.27. The number of aromatic nitrogens is 2. The molecule has 0 fully saturated rings. The maximum absolute atomic E-state index is 14.7. The van der Waals surface area contributed by atoms with E-state index in [1.165, 1.54) is 30.9 Å². The lowest BCUT2D eigenvalue weighted by atomic mass is 10.1. The molecule has 0 atom stereocenters. The molecule has 0 unspecified atom stereocenters. The zero-order chi connectivity index (χ0) is 18.5. The molecule has 0 radical (unpaired) electrons. The van der Waals surface area contributed by atoms with Crippen LogP contribution in [0.1, 0.15) is 16.7 Å². The van der Waals surface area contributed by atoms with Crippen LogP contribution in [0.15, 0.2) is 12.3 Å². The van der Waals surface area contributed by atoms with Gasteiger partial charge in [-0.3, -0.25) is 4.57 Å². The maximum atomic E-state index is 14.7. The number of pyridine rings is 1. The summed E-state index contributed by atoms with van der Waals surface area (Å²) in [5, 5.41) is 9.24. The zero-order valence-corrected chi connectivity index (χ0v) is 14.4. The first-order valence-corrected chi connectivity index (χ1v) is 7.59. The molecule has 0 amide bonds. The predicted octanol–water partition coefficient (Wildman–Crippen LogP) is 4.04. The summed E-state index contributed by atoms with van der Waals surface area (Å²) in [6.45, 7) is 3.23. The van der Waals surface area contributed by atoms with Gasteiger partial charge in [0.05, 0.1) is 18.3 Å². The van der Waals surface area contributed by atoms with Gasteiger partial charge in [-0.15, -0.1) is 0 Å². The Balaban J connectivity index is 2.59. The van der Waals surface area contributed by atoms with Crippen molar-refractivity contribution >= 4 is 28.3 Å². The second-order valence-corrected chi connectivity index (χ2v) is 5.85. The van der Waals surface area contributed by atoms with Crippen molar-refractivity contribution in [2.75, 3.05) is 12.8 Å². The molecule has 0 saturated carbocycles. The second-order valence-electron chi connectivity index (χ2n) is 5.49. The molecule has 0 aliphatic carbocycles. The van der Waals surface area contributed by atoms with Gasteiger partial charge in [0.25, 0.3) is 0 Å². The predicted molar refractivity (Wildman–Crippen MR) is 91.1 cm³/mol. The van der Waals surface area contributed by atoms with Gasteiger partial charge in [0.1, 0.15) is 29.0 Å². The first-order chi connectivity index (χ1) is 11.8. The molecule has 128 valence electrons. The van der Waals surface area contributed by atoms with Crippen LogP contribution < -0.4 is 10.5 Å². The Kier molecular flexibility index (Phi) is 4.01. The standard InChI is InChI=1S/C17H13ClF2N4O/c1-7-11(19)4-12(25-3)8(2)14(7)24-15-10(9(5-21)17(24)22)6-23-16(18)13(15)20/h4,6H,22H2,1-3H3. The van der Waals surface area contributed by atoms with Crippen LogP contribution in [0.4, 0.5) is 14.6 Å². The van der Waals surface area contributed by atoms with E-state index in [1.54, 1.807) is 6.92 Å². The highest BCUT2D eigenvalue weighted by atomic mass is 35.5. The lowest BCUT2D eigenvalue weighted by molar-refractivity contribution is 0.407. The number of methoxy groups -OCH3 is 1. The van der Waals surface area contributed by atoms with E-state index in [0.29, 0.717) is 11.3 Å². The number of rotatable bonds is 2. The maximum Gasteiger partial charge on any atom is 0.185 e. The van der Waals surface area contributed by atoms with Crippen LogP contribution in [0, 0.1) is 36.8 Å². The molecule has 0 saturated heterocycles. The molecule has 3 aromatic rings. The number of nitriles is 1. The summed E-state index contributed by atoms with van der Waals surface area (Å²) >= 11 is 5.80. The second kappa shape index (κ2) is 5.90. The minimum Gasteiger partial charge on any atom is -0.496 e. The number of fused-ring (bicyclic) bond motifs is 1. The van der Waals surface area contributed by atoms with Crippen LogP contribution in [-0.2, 0) is 0 Å². The largest absolute Gasteiger partial charge is 0.496 e. The fourth-order valence-electron chi connectivity index (χ4n) is 2.97. The first kappa shape index (κ1) is 17.0. The smallest absolute Gasteiger partial charge is 0.185 e. The summed E-state index contributed by atoms with van der Waals surface area (Å²) in [6, 6.07) is 3.18. The van der Waals surface area contributed by atoms with Gasteiger partial charge in [0.2, 0.25) is 0 Å². The molecular weight excluding hydrogens is 350 g/mol. The van der Waals surface area contributed by atoms with Gasteiger partial charge >= 0.3 is 0 Å². The zero-order valence-electron chi connectivity index (χ0n) is 13.6. The fraction of sp³-hybridized carbons (Fsp3) is 0.176. The number of halogens is 3. The number of hydrogen-bond acceptors (Lipinski definition) is 4. The Morgan fingerprint density at radius 3 is 2.60 bits per heavy atom. The van der Waals surface area contributed by atoms with Crippen LogP contribution in [0.25, 0.3) is 16.6 Å². The highest BCUT2D eigenvalue weighted by Crippen LogP contribution is 2.38. The highest BCUT2D eigenvalue weighted by Gasteiger charge is 2.25. The summed E-state index contributed by atoms with van der Waals surface area (Å²) in [5.74, 6) is -1.13. The van der Waals surface area contributed by atoms with Gasteiger partial charge in [0.15, 0.2) is 11.0 Å². The first-order valence-electron chi connectivity index (χ1n) is 7.21. The Hall–Kier alpha value is -2.85. The molecule has 0 spiro atoms. The Bertz CT molecular complexity index is 1070. The number of nitrogen functional groups attached to an aromatic ring is 1. The summed E-state index contributed by atoms with van der Waals surface area (Å²) in [4.78, 5) is 3.73. The van der Waals surface area contributed by atoms with Crippen LogP contribution in [0.3, 0.4) is 0 Å². The summed E-state index contributed by atoms with van der Waals surface area (Å²) < 4.78 is 35.6. The minimum atomic E-state index is -0.839. The third-order valence-corrected chi connectivity index (χ3v) is 4.46. The van der Waals surface area contributed by atoms with E-state index >= 15 is 0 Å². The van der Waals surface area contributed by atoms with E-state index in [0.717, 1.165) is 0 Å². The molecule has 25 heavy (non-hydrogen) atoms. The van der Waals surface area contributed by atoms with E-state index in [2.05, 4.69) is 4.98 Å². The van der Waals surface area contributed by atoms with Gasteiger partial charge in [0, 0.05) is 28.8 Å². The number of nitrogens with two attached hydrogens (primary N) is 1. The lowest BCUT2D eigenvalue weighted by Crippen LogP contribution is -2.08. The van der Waals surface area contributed by atoms with Crippen molar-refractivity contribution in [2.24, 2.45) is 0 Å². The van der Waals surface area contributed by atoms with E-state index < -0.39 is 11.6 Å². The molecule has 8 heteroatoms. The van der Waals surface area contributed by atoms with Gasteiger partial charge < -0.3 is 10.5 Å². The number of nitrogens with zero attached hydrogens (tertiary/aromatic N) is 3. The van der Waals surface area contributed by atoms with Crippen LogP contribution in [0.5, 0.6) is 5.75 Å².